The van der Waals surface area contributed by atoms with Gasteiger partial charge in [0.15, 0.2) is 11.5 Å². The number of nitrogens with one attached hydrogen (secondary N) is 2. The van der Waals surface area contributed by atoms with Crippen LogP contribution in [0, 0.1) is 0 Å². The van der Waals surface area contributed by atoms with Gasteiger partial charge < -0.3 is 20.1 Å². The number of likely N-dealkylation sites (N-methyl/N-ethyl adjacent to an activating group) is 1. The first-order chi connectivity index (χ1) is 9.95. The van der Waals surface area contributed by atoms with Gasteiger partial charge in [-0.25, -0.2) is 0 Å². The SMILES string of the molecule is CNC(C)CNC(=O)C(C)(C)c1ccc2c(c1)OCCO2.Cl. The number of hydrogen-bond acceptors (Lipinski definition) is 4. The van der Waals surface area contributed by atoms with Gasteiger partial charge in [0, 0.05) is 12.6 Å². The topological polar surface area (TPSA) is 59.6 Å². The highest BCUT2D eigenvalue weighted by atomic mass is 35.5. The summed E-state index contributed by atoms with van der Waals surface area (Å²) < 4.78 is 11.1. The Balaban J connectivity index is 0.00000242. The lowest BCUT2D eigenvalue weighted by Crippen LogP contribution is -2.45. The van der Waals surface area contributed by atoms with Crippen molar-refractivity contribution in [1.29, 1.82) is 0 Å². The van der Waals surface area contributed by atoms with Crippen LogP contribution in [0.2, 0.25) is 0 Å². The highest BCUT2D eigenvalue weighted by molar-refractivity contribution is 5.87. The van der Waals surface area contributed by atoms with Gasteiger partial charge in [0.2, 0.25) is 5.91 Å². The summed E-state index contributed by atoms with van der Waals surface area (Å²) >= 11 is 0. The lowest BCUT2D eigenvalue weighted by molar-refractivity contribution is -0.125. The van der Waals surface area contributed by atoms with Gasteiger partial charge >= 0.3 is 0 Å². The summed E-state index contributed by atoms with van der Waals surface area (Å²) in [5.41, 5.74) is 0.296. The average Bonchev–Trinajstić information content (AvgIpc) is 2.51. The largest absolute Gasteiger partial charge is 0.486 e. The van der Waals surface area contributed by atoms with Crippen LogP contribution in [0.5, 0.6) is 11.5 Å². The van der Waals surface area contributed by atoms with Crippen molar-refractivity contribution < 1.29 is 14.3 Å². The molecule has 0 aromatic heterocycles. The first kappa shape index (κ1) is 18.6. The van der Waals surface area contributed by atoms with E-state index >= 15 is 0 Å². The van der Waals surface area contributed by atoms with Crippen LogP contribution >= 0.6 is 12.4 Å². The molecule has 0 spiro atoms. The molecule has 0 saturated carbocycles. The highest BCUT2D eigenvalue weighted by Gasteiger charge is 2.31. The normalized spacial score (nSPS) is 14.7. The van der Waals surface area contributed by atoms with Crippen LogP contribution < -0.4 is 20.1 Å². The van der Waals surface area contributed by atoms with E-state index in [1.54, 1.807) is 0 Å². The van der Waals surface area contributed by atoms with Crippen LogP contribution in [-0.4, -0.2) is 38.8 Å². The molecule has 0 saturated heterocycles. The van der Waals surface area contributed by atoms with E-state index in [1.165, 1.54) is 0 Å². The Morgan fingerprint density at radius 1 is 1.27 bits per heavy atom. The van der Waals surface area contributed by atoms with Crippen molar-refractivity contribution in [3.05, 3.63) is 23.8 Å². The Bertz CT molecular complexity index is 520. The molecule has 0 radical (unpaired) electrons. The molecule has 1 amide bonds. The maximum atomic E-state index is 12.4. The zero-order valence-corrected chi connectivity index (χ0v) is 14.4. The summed E-state index contributed by atoms with van der Waals surface area (Å²) in [6.45, 7) is 7.57. The molecule has 1 unspecified atom stereocenters. The molecular weight excluding hydrogens is 304 g/mol. The summed E-state index contributed by atoms with van der Waals surface area (Å²) in [4.78, 5) is 12.4. The minimum absolute atomic E-state index is 0. The number of halogens is 1. The van der Waals surface area contributed by atoms with E-state index in [9.17, 15) is 4.79 Å². The van der Waals surface area contributed by atoms with Crippen molar-refractivity contribution in [2.45, 2.75) is 32.2 Å². The number of fused-ring (bicyclic) bond motifs is 1. The van der Waals surface area contributed by atoms with Crippen molar-refractivity contribution in [1.82, 2.24) is 10.6 Å². The summed E-state index contributed by atoms with van der Waals surface area (Å²) in [7, 11) is 1.88. The first-order valence-corrected chi connectivity index (χ1v) is 7.31. The lowest BCUT2D eigenvalue weighted by atomic mass is 9.83. The van der Waals surface area contributed by atoms with Gasteiger partial charge in [0.25, 0.3) is 0 Å². The summed E-state index contributed by atoms with van der Waals surface area (Å²) in [6, 6.07) is 5.93. The molecule has 0 aliphatic carbocycles. The molecule has 6 heteroatoms. The minimum Gasteiger partial charge on any atom is -0.486 e. The Hall–Kier alpha value is -1.46. The predicted octanol–water partition coefficient (Wildman–Crippen LogP) is 1.88. The fourth-order valence-corrected chi connectivity index (χ4v) is 2.13. The fraction of sp³-hybridized carbons (Fsp3) is 0.562. The minimum atomic E-state index is -0.622. The number of amides is 1. The van der Waals surface area contributed by atoms with Gasteiger partial charge in [0.1, 0.15) is 13.2 Å². The number of hydrogen-bond donors (Lipinski definition) is 2. The molecule has 124 valence electrons. The second-order valence-electron chi connectivity index (χ2n) is 5.88. The molecule has 5 nitrogen and oxygen atoms in total. The van der Waals surface area contributed by atoms with Crippen molar-refractivity contribution in [3.63, 3.8) is 0 Å². The molecule has 1 aliphatic rings. The molecule has 1 aromatic carbocycles. The van der Waals surface area contributed by atoms with Crippen LogP contribution in [0.4, 0.5) is 0 Å². The summed E-state index contributed by atoms with van der Waals surface area (Å²) in [5.74, 6) is 1.45. The van der Waals surface area contributed by atoms with E-state index < -0.39 is 5.41 Å². The van der Waals surface area contributed by atoms with Gasteiger partial charge in [-0.15, -0.1) is 12.4 Å². The molecule has 1 atom stereocenters. The summed E-state index contributed by atoms with van der Waals surface area (Å²) in [6.07, 6.45) is 0. The van der Waals surface area contributed by atoms with Crippen LogP contribution in [0.1, 0.15) is 26.3 Å². The Morgan fingerprint density at radius 3 is 2.55 bits per heavy atom. The third-order valence-corrected chi connectivity index (χ3v) is 3.89. The molecule has 2 rings (SSSR count). The first-order valence-electron chi connectivity index (χ1n) is 7.31. The quantitative estimate of drug-likeness (QED) is 0.866. The third kappa shape index (κ3) is 4.05. The number of benzene rings is 1. The molecule has 22 heavy (non-hydrogen) atoms. The van der Waals surface area contributed by atoms with Crippen molar-refractivity contribution >= 4 is 18.3 Å². The van der Waals surface area contributed by atoms with Crippen molar-refractivity contribution in [2.24, 2.45) is 0 Å². The molecule has 1 aliphatic heterocycles. The Kier molecular flexibility index (Phi) is 6.50. The van der Waals surface area contributed by atoms with E-state index in [2.05, 4.69) is 10.6 Å². The van der Waals surface area contributed by atoms with Crippen LogP contribution in [0.25, 0.3) is 0 Å². The molecule has 0 bridgehead atoms. The van der Waals surface area contributed by atoms with Crippen LogP contribution in [0.3, 0.4) is 0 Å². The van der Waals surface area contributed by atoms with Gasteiger partial charge in [-0.2, -0.15) is 0 Å². The van der Waals surface area contributed by atoms with Gasteiger partial charge in [-0.05, 0) is 45.5 Å². The molecule has 1 aromatic rings. The second kappa shape index (κ2) is 7.70. The number of rotatable bonds is 5. The Morgan fingerprint density at radius 2 is 1.91 bits per heavy atom. The molecule has 2 N–H and O–H groups in total. The van der Waals surface area contributed by atoms with E-state index in [1.807, 2.05) is 46.0 Å². The van der Waals surface area contributed by atoms with Crippen LogP contribution in [-0.2, 0) is 10.2 Å². The van der Waals surface area contributed by atoms with Crippen molar-refractivity contribution in [3.8, 4) is 11.5 Å². The number of ether oxygens (including phenoxy) is 2. The Labute approximate surface area is 138 Å². The fourth-order valence-electron chi connectivity index (χ4n) is 2.13. The maximum absolute atomic E-state index is 12.4. The number of carbonyl (C=O) groups excluding carboxylic acids is 1. The maximum Gasteiger partial charge on any atom is 0.230 e. The smallest absolute Gasteiger partial charge is 0.230 e. The average molecular weight is 329 g/mol. The highest BCUT2D eigenvalue weighted by Crippen LogP contribution is 2.35. The molecule has 1 heterocycles. The number of carbonyl (C=O) groups is 1. The van der Waals surface area contributed by atoms with Crippen molar-refractivity contribution in [2.75, 3.05) is 26.8 Å². The molecular formula is C16H25ClN2O3. The van der Waals surface area contributed by atoms with Gasteiger partial charge in [-0.3, -0.25) is 4.79 Å². The van der Waals surface area contributed by atoms with E-state index in [-0.39, 0.29) is 24.4 Å². The van der Waals surface area contributed by atoms with E-state index in [0.717, 1.165) is 11.3 Å². The van der Waals surface area contributed by atoms with E-state index in [4.69, 9.17) is 9.47 Å². The van der Waals surface area contributed by atoms with E-state index in [0.29, 0.717) is 25.5 Å². The van der Waals surface area contributed by atoms with Gasteiger partial charge in [0.05, 0.1) is 5.41 Å². The third-order valence-electron chi connectivity index (χ3n) is 3.89. The molecule has 0 fully saturated rings. The summed E-state index contributed by atoms with van der Waals surface area (Å²) in [5, 5.41) is 6.08. The zero-order valence-electron chi connectivity index (χ0n) is 13.6. The van der Waals surface area contributed by atoms with Gasteiger partial charge in [-0.1, -0.05) is 6.07 Å². The second-order valence-corrected chi connectivity index (χ2v) is 5.88. The lowest BCUT2D eigenvalue weighted by Gasteiger charge is -2.27. The zero-order chi connectivity index (χ0) is 15.5. The van der Waals surface area contributed by atoms with Crippen LogP contribution in [0.15, 0.2) is 18.2 Å². The standard InChI is InChI=1S/C16H24N2O3.ClH/c1-11(17-4)10-18-15(19)16(2,3)12-5-6-13-14(9-12)21-8-7-20-13;/h5-6,9,11,17H,7-8,10H2,1-4H3,(H,18,19);1H. The monoisotopic (exact) mass is 328 g/mol. The predicted molar refractivity (Wildman–Crippen MR) is 89.2 cm³/mol.